The summed E-state index contributed by atoms with van der Waals surface area (Å²) in [4.78, 5) is 30.7. The third-order valence-electron chi connectivity index (χ3n) is 6.64. The number of aromatic nitrogens is 3. The van der Waals surface area contributed by atoms with Crippen molar-refractivity contribution >= 4 is 11.7 Å². The van der Waals surface area contributed by atoms with Crippen LogP contribution in [0.2, 0.25) is 0 Å². The lowest BCUT2D eigenvalue weighted by Crippen LogP contribution is -2.47. The minimum atomic E-state index is -4.59. The van der Waals surface area contributed by atoms with Gasteiger partial charge in [0.1, 0.15) is 18.0 Å². The average molecular weight is 509 g/mol. The Balaban J connectivity index is 1.30. The molecule has 194 valence electrons. The van der Waals surface area contributed by atoms with Crippen LogP contribution in [-0.2, 0) is 23.9 Å². The van der Waals surface area contributed by atoms with E-state index in [2.05, 4.69) is 15.0 Å². The van der Waals surface area contributed by atoms with Crippen molar-refractivity contribution < 1.29 is 32.2 Å². The highest BCUT2D eigenvalue weighted by atomic mass is 19.4. The van der Waals surface area contributed by atoms with Crippen LogP contribution in [0, 0.1) is 0 Å². The Bertz CT molecular complexity index is 1110. The molecule has 3 aliphatic rings. The second kappa shape index (κ2) is 9.96. The van der Waals surface area contributed by atoms with E-state index < -0.39 is 17.6 Å². The molecule has 0 radical (unpaired) electrons. The van der Waals surface area contributed by atoms with Crippen LogP contribution in [0.5, 0.6) is 11.8 Å². The molecule has 2 fully saturated rings. The lowest BCUT2D eigenvalue weighted by molar-refractivity contribution is -0.139. The van der Waals surface area contributed by atoms with Gasteiger partial charge in [0.2, 0.25) is 11.8 Å². The molecule has 0 N–H and O–H groups in total. The van der Waals surface area contributed by atoms with Gasteiger partial charge in [0.25, 0.3) is 0 Å². The summed E-state index contributed by atoms with van der Waals surface area (Å²) in [6.45, 7) is 4.00. The number of nitrogens with zero attached hydrogens (tertiary/aromatic N) is 6. The normalized spacial score (nSPS) is 20.3. The Morgan fingerprint density at radius 2 is 1.89 bits per heavy atom. The van der Waals surface area contributed by atoms with Gasteiger partial charge in [-0.3, -0.25) is 0 Å². The van der Waals surface area contributed by atoms with Crippen LogP contribution in [0.4, 0.5) is 23.7 Å². The highest BCUT2D eigenvalue weighted by Crippen LogP contribution is 2.38. The van der Waals surface area contributed by atoms with Crippen molar-refractivity contribution in [2.24, 2.45) is 0 Å². The number of carbonyl (C=O) groups is 1. The number of urea groups is 1. The molecule has 0 aromatic carbocycles. The van der Waals surface area contributed by atoms with E-state index in [9.17, 15) is 18.0 Å². The smallest absolute Gasteiger partial charge is 0.421 e. The van der Waals surface area contributed by atoms with Crippen LogP contribution in [-0.4, -0.2) is 89.9 Å². The number of rotatable bonds is 4. The van der Waals surface area contributed by atoms with Crippen LogP contribution in [0.1, 0.15) is 23.2 Å². The van der Waals surface area contributed by atoms with Crippen LogP contribution in [0.3, 0.4) is 0 Å². The van der Waals surface area contributed by atoms with Crippen molar-refractivity contribution in [1.82, 2.24) is 24.8 Å². The van der Waals surface area contributed by atoms with Gasteiger partial charge in [-0.15, -0.1) is 0 Å². The SMILES string of the molecule is COc1ncc(N2CCc3ncnc(OC4CCN(C(=O)N5CCOCC5)C4)c3C2)cc1C(F)(F)F. The quantitative estimate of drug-likeness (QED) is 0.622. The van der Waals surface area contributed by atoms with Crippen molar-refractivity contribution in [2.45, 2.75) is 31.7 Å². The van der Waals surface area contributed by atoms with Gasteiger partial charge in [0.05, 0.1) is 56.6 Å². The summed E-state index contributed by atoms with van der Waals surface area (Å²) in [5, 5.41) is 0. The molecule has 0 bridgehead atoms. The minimum absolute atomic E-state index is 0.0206. The molecule has 0 saturated carbocycles. The topological polar surface area (TPSA) is 93.2 Å². The Kier molecular flexibility index (Phi) is 6.73. The lowest BCUT2D eigenvalue weighted by Gasteiger charge is -2.32. The fraction of sp³-hybridized carbons (Fsp3) is 0.565. The van der Waals surface area contributed by atoms with Gasteiger partial charge in [0, 0.05) is 39.0 Å². The number of hydrogen-bond acceptors (Lipinski definition) is 8. The highest BCUT2D eigenvalue weighted by molar-refractivity contribution is 5.75. The monoisotopic (exact) mass is 508 g/mol. The lowest BCUT2D eigenvalue weighted by atomic mass is 10.1. The predicted molar refractivity (Wildman–Crippen MR) is 121 cm³/mol. The molecule has 5 rings (SSSR count). The standard InChI is InChI=1S/C23H27F3N6O4/c1-34-21-18(23(24,25)26)10-15(11-27-21)31-5-3-19-17(13-31)20(29-14-28-19)36-16-2-4-32(12-16)22(33)30-6-8-35-9-7-30/h10-11,14,16H,2-9,12-13H2,1H3. The Morgan fingerprint density at radius 3 is 2.64 bits per heavy atom. The first-order valence-electron chi connectivity index (χ1n) is 11.8. The summed E-state index contributed by atoms with van der Waals surface area (Å²) in [6.07, 6.45) is -0.832. The third kappa shape index (κ3) is 4.97. The fourth-order valence-corrected chi connectivity index (χ4v) is 4.73. The van der Waals surface area contributed by atoms with Crippen molar-refractivity contribution in [3.05, 3.63) is 35.4 Å². The fourth-order valence-electron chi connectivity index (χ4n) is 4.73. The third-order valence-corrected chi connectivity index (χ3v) is 6.64. The van der Waals surface area contributed by atoms with Crippen LogP contribution < -0.4 is 14.4 Å². The first-order chi connectivity index (χ1) is 17.3. The van der Waals surface area contributed by atoms with Crippen LogP contribution >= 0.6 is 0 Å². The molecule has 2 amide bonds. The molecule has 1 atom stereocenters. The predicted octanol–water partition coefficient (Wildman–Crippen LogP) is 2.37. The van der Waals surface area contributed by atoms with Gasteiger partial charge in [-0.2, -0.15) is 13.2 Å². The summed E-state index contributed by atoms with van der Waals surface area (Å²) in [7, 11) is 1.16. The number of carbonyl (C=O) groups excluding carboxylic acids is 1. The molecule has 13 heteroatoms. The summed E-state index contributed by atoms with van der Waals surface area (Å²) in [6, 6.07) is 1.03. The summed E-state index contributed by atoms with van der Waals surface area (Å²) in [5.74, 6) is -0.0682. The minimum Gasteiger partial charge on any atom is -0.481 e. The van der Waals surface area contributed by atoms with Crippen LogP contribution in [0.25, 0.3) is 0 Å². The maximum absolute atomic E-state index is 13.5. The zero-order chi connectivity index (χ0) is 25.3. The van der Waals surface area contributed by atoms with Gasteiger partial charge in [-0.1, -0.05) is 0 Å². The van der Waals surface area contributed by atoms with E-state index in [0.29, 0.717) is 70.3 Å². The number of morpholine rings is 1. The molecular weight excluding hydrogens is 481 g/mol. The van der Waals surface area contributed by atoms with E-state index in [0.717, 1.165) is 24.4 Å². The number of methoxy groups -OCH3 is 1. The molecule has 2 saturated heterocycles. The van der Waals surface area contributed by atoms with Crippen molar-refractivity contribution in [3.8, 4) is 11.8 Å². The number of ether oxygens (including phenoxy) is 3. The molecule has 0 aliphatic carbocycles. The first-order valence-corrected chi connectivity index (χ1v) is 11.8. The van der Waals surface area contributed by atoms with E-state index in [1.807, 2.05) is 0 Å². The highest BCUT2D eigenvalue weighted by Gasteiger charge is 2.37. The van der Waals surface area contributed by atoms with E-state index in [1.54, 1.807) is 14.7 Å². The number of hydrogen-bond donors (Lipinski definition) is 0. The largest absolute Gasteiger partial charge is 0.481 e. The van der Waals surface area contributed by atoms with Crippen molar-refractivity contribution in [2.75, 3.05) is 57.9 Å². The van der Waals surface area contributed by atoms with E-state index in [-0.39, 0.29) is 18.7 Å². The number of likely N-dealkylation sites (tertiary alicyclic amines) is 1. The molecule has 1 unspecified atom stereocenters. The van der Waals surface area contributed by atoms with Gasteiger partial charge < -0.3 is 28.9 Å². The average Bonchev–Trinajstić information content (AvgIpc) is 3.36. The maximum Gasteiger partial charge on any atom is 0.421 e. The molecule has 3 aliphatic heterocycles. The number of anilines is 1. The van der Waals surface area contributed by atoms with Gasteiger partial charge >= 0.3 is 12.2 Å². The number of halogens is 3. The molecular formula is C23H27F3N6O4. The van der Waals surface area contributed by atoms with Crippen LogP contribution in [0.15, 0.2) is 18.6 Å². The Hall–Kier alpha value is -3.35. The zero-order valence-corrected chi connectivity index (χ0v) is 19.8. The van der Waals surface area contributed by atoms with Gasteiger partial charge in [0.15, 0.2) is 0 Å². The second-order valence-electron chi connectivity index (χ2n) is 8.88. The molecule has 5 heterocycles. The Morgan fingerprint density at radius 1 is 1.08 bits per heavy atom. The number of pyridine rings is 1. The van der Waals surface area contributed by atoms with Crippen molar-refractivity contribution in [3.63, 3.8) is 0 Å². The summed E-state index contributed by atoms with van der Waals surface area (Å²) < 4.78 is 56.8. The molecule has 10 nitrogen and oxygen atoms in total. The Labute approximate surface area is 206 Å². The number of fused-ring (bicyclic) bond motifs is 1. The number of amides is 2. The van der Waals surface area contributed by atoms with Crippen molar-refractivity contribution in [1.29, 1.82) is 0 Å². The van der Waals surface area contributed by atoms with E-state index in [4.69, 9.17) is 14.2 Å². The van der Waals surface area contributed by atoms with Gasteiger partial charge in [-0.05, 0) is 6.07 Å². The number of alkyl halides is 3. The van der Waals surface area contributed by atoms with Gasteiger partial charge in [-0.25, -0.2) is 19.7 Å². The first kappa shape index (κ1) is 24.3. The zero-order valence-electron chi connectivity index (χ0n) is 19.8. The maximum atomic E-state index is 13.5. The molecule has 2 aromatic heterocycles. The molecule has 2 aromatic rings. The molecule has 36 heavy (non-hydrogen) atoms. The second-order valence-corrected chi connectivity index (χ2v) is 8.88. The van der Waals surface area contributed by atoms with E-state index >= 15 is 0 Å². The molecule has 0 spiro atoms. The summed E-state index contributed by atoms with van der Waals surface area (Å²) >= 11 is 0. The summed E-state index contributed by atoms with van der Waals surface area (Å²) in [5.41, 5.74) is 0.927. The van der Waals surface area contributed by atoms with E-state index in [1.165, 1.54) is 12.5 Å².